The van der Waals surface area contributed by atoms with Gasteiger partial charge in [-0.15, -0.1) is 11.3 Å². The first-order valence-corrected chi connectivity index (χ1v) is 15.6. The summed E-state index contributed by atoms with van der Waals surface area (Å²) >= 11 is 7.62. The number of piperidine rings is 1. The number of hydrogen-bond acceptors (Lipinski definition) is 8. The van der Waals surface area contributed by atoms with Crippen LogP contribution in [0.25, 0.3) is 32.2 Å². The van der Waals surface area contributed by atoms with E-state index in [1.165, 1.54) is 28.3 Å². The van der Waals surface area contributed by atoms with Crippen LogP contribution in [0.1, 0.15) is 51.8 Å². The lowest BCUT2D eigenvalue weighted by atomic mass is 9.90. The standard InChI is InChI=1S/C33H25ClF2N6O3S/c1-18-40-26-14-39-29(20-5-2-10-41(15-20)16-27(35)36)24(13-37)28(26)32(43)42(18)11-3-4-19-6-7-21(34)12-23(19)22-8-9-38-30-25(33(44)45)17-46-31(22)30/h6-9,12,14,17,20,27H,2,5,10-11,15-16H2,1H3,(H,44,45). The third-order valence-electron chi connectivity index (χ3n) is 8.04. The summed E-state index contributed by atoms with van der Waals surface area (Å²) in [5.74, 6) is 5.23. The lowest BCUT2D eigenvalue weighted by molar-refractivity contribution is 0.0698. The predicted molar refractivity (Wildman–Crippen MR) is 172 cm³/mol. The maximum Gasteiger partial charge on any atom is 0.338 e. The summed E-state index contributed by atoms with van der Waals surface area (Å²) in [7, 11) is 0. The Bertz CT molecular complexity index is 2180. The molecule has 1 N–H and O–H groups in total. The number of rotatable bonds is 6. The molecule has 1 unspecified atom stereocenters. The van der Waals surface area contributed by atoms with Gasteiger partial charge in [-0.3, -0.25) is 24.2 Å². The van der Waals surface area contributed by atoms with Gasteiger partial charge in [0, 0.05) is 45.8 Å². The van der Waals surface area contributed by atoms with E-state index in [-0.39, 0.29) is 41.0 Å². The number of alkyl halides is 2. The number of aryl methyl sites for hydroxylation is 1. The number of carboxylic acid groups (broad SMARTS) is 1. The molecular formula is C33H25ClF2N6O3S. The number of aromatic nitrogens is 4. The van der Waals surface area contributed by atoms with Crippen molar-refractivity contribution in [2.75, 3.05) is 19.6 Å². The Kier molecular flexibility index (Phi) is 8.78. The number of halogens is 3. The Labute approximate surface area is 270 Å². The van der Waals surface area contributed by atoms with Crippen molar-refractivity contribution in [3.63, 3.8) is 0 Å². The Morgan fingerprint density at radius 3 is 2.85 bits per heavy atom. The van der Waals surface area contributed by atoms with E-state index < -0.39 is 18.0 Å². The van der Waals surface area contributed by atoms with E-state index in [0.717, 1.165) is 5.56 Å². The normalized spacial score (nSPS) is 15.2. The van der Waals surface area contributed by atoms with Crippen molar-refractivity contribution >= 4 is 50.0 Å². The molecule has 0 saturated carbocycles. The second kappa shape index (κ2) is 12.9. The zero-order valence-electron chi connectivity index (χ0n) is 24.4. The first kappa shape index (κ1) is 31.2. The Morgan fingerprint density at radius 2 is 2.09 bits per heavy atom. The number of carbonyl (C=O) groups is 1. The van der Waals surface area contributed by atoms with Crippen LogP contribution < -0.4 is 5.56 Å². The Hall–Kier alpha value is -4.75. The van der Waals surface area contributed by atoms with Gasteiger partial charge in [-0.1, -0.05) is 23.4 Å². The summed E-state index contributed by atoms with van der Waals surface area (Å²) in [6.45, 7) is 2.16. The maximum absolute atomic E-state index is 13.8. The maximum atomic E-state index is 13.8. The molecule has 0 aliphatic carbocycles. The average Bonchev–Trinajstić information content (AvgIpc) is 3.47. The first-order valence-electron chi connectivity index (χ1n) is 14.3. The van der Waals surface area contributed by atoms with Crippen molar-refractivity contribution in [3.8, 4) is 29.0 Å². The second-order valence-electron chi connectivity index (χ2n) is 10.9. The summed E-state index contributed by atoms with van der Waals surface area (Å²) in [5, 5.41) is 21.9. The van der Waals surface area contributed by atoms with Crippen LogP contribution >= 0.6 is 22.9 Å². The van der Waals surface area contributed by atoms with Crippen LogP contribution in [-0.4, -0.2) is 61.6 Å². The average molecular weight is 659 g/mol. The molecule has 1 fully saturated rings. The molecule has 1 aliphatic heterocycles. The molecule has 232 valence electrons. The SMILES string of the molecule is Cc1nc2cnc(C3CCCN(CC(F)F)C3)c(C#N)c2c(=O)n1CC#Cc1ccc(Cl)cc1-c1ccnc2c(C(=O)O)csc12. The molecule has 0 spiro atoms. The van der Waals surface area contributed by atoms with Gasteiger partial charge in [0.1, 0.15) is 11.9 Å². The van der Waals surface area contributed by atoms with Gasteiger partial charge in [0.05, 0.1) is 57.2 Å². The molecule has 6 rings (SSSR count). The summed E-state index contributed by atoms with van der Waals surface area (Å²) in [6.07, 6.45) is 1.89. The van der Waals surface area contributed by atoms with Gasteiger partial charge in [-0.25, -0.2) is 18.6 Å². The molecule has 4 aromatic heterocycles. The monoisotopic (exact) mass is 658 g/mol. The van der Waals surface area contributed by atoms with E-state index in [1.807, 2.05) is 0 Å². The highest BCUT2D eigenvalue weighted by molar-refractivity contribution is 7.18. The fourth-order valence-corrected chi connectivity index (χ4v) is 7.14. The summed E-state index contributed by atoms with van der Waals surface area (Å²) < 4.78 is 28.2. The number of nitriles is 1. The van der Waals surface area contributed by atoms with Crippen LogP contribution in [0.3, 0.4) is 0 Å². The summed E-state index contributed by atoms with van der Waals surface area (Å²) in [6, 6.07) is 9.11. The van der Waals surface area contributed by atoms with Crippen LogP contribution in [0.5, 0.6) is 0 Å². The van der Waals surface area contributed by atoms with Gasteiger partial charge < -0.3 is 5.11 Å². The lowest BCUT2D eigenvalue weighted by Gasteiger charge is -2.32. The number of fused-ring (bicyclic) bond motifs is 2. The van der Waals surface area contributed by atoms with Gasteiger partial charge in [0.15, 0.2) is 0 Å². The van der Waals surface area contributed by atoms with Crippen LogP contribution in [0, 0.1) is 30.1 Å². The van der Waals surface area contributed by atoms with E-state index in [1.54, 1.807) is 41.5 Å². The number of carboxylic acids is 1. The first-order chi connectivity index (χ1) is 22.2. The molecule has 9 nitrogen and oxygen atoms in total. The molecule has 0 amide bonds. The molecule has 0 radical (unpaired) electrons. The van der Waals surface area contributed by atoms with Crippen molar-refractivity contribution in [1.29, 1.82) is 5.26 Å². The number of likely N-dealkylation sites (tertiary alicyclic amines) is 1. The zero-order chi connectivity index (χ0) is 32.5. The lowest BCUT2D eigenvalue weighted by Crippen LogP contribution is -2.38. The minimum absolute atomic E-state index is 0.0300. The van der Waals surface area contributed by atoms with E-state index in [4.69, 9.17) is 11.6 Å². The fraction of sp³-hybridized carbons (Fsp3) is 0.273. The minimum Gasteiger partial charge on any atom is -0.478 e. The molecule has 0 bridgehead atoms. The molecule has 1 aliphatic rings. The van der Waals surface area contributed by atoms with Gasteiger partial charge in [0.25, 0.3) is 12.0 Å². The molecule has 46 heavy (non-hydrogen) atoms. The molecule has 1 saturated heterocycles. The largest absolute Gasteiger partial charge is 0.478 e. The number of benzene rings is 1. The third-order valence-corrected chi connectivity index (χ3v) is 9.27. The van der Waals surface area contributed by atoms with Gasteiger partial charge >= 0.3 is 5.97 Å². The van der Waals surface area contributed by atoms with Crippen LogP contribution in [-0.2, 0) is 6.54 Å². The smallest absolute Gasteiger partial charge is 0.338 e. The second-order valence-corrected chi connectivity index (χ2v) is 12.2. The number of thiophene rings is 1. The van der Waals surface area contributed by atoms with Crippen molar-refractivity contribution in [3.05, 3.63) is 85.6 Å². The summed E-state index contributed by atoms with van der Waals surface area (Å²) in [5.41, 5.74) is 2.87. The molecule has 5 aromatic rings. The third kappa shape index (κ3) is 5.95. The number of aromatic carboxylic acids is 1. The van der Waals surface area contributed by atoms with E-state index in [2.05, 4.69) is 32.9 Å². The van der Waals surface area contributed by atoms with Gasteiger partial charge in [-0.2, -0.15) is 5.26 Å². The van der Waals surface area contributed by atoms with E-state index in [0.29, 0.717) is 63.8 Å². The molecule has 1 atom stereocenters. The van der Waals surface area contributed by atoms with Crippen LogP contribution in [0.4, 0.5) is 8.78 Å². The van der Waals surface area contributed by atoms with Crippen molar-refractivity contribution in [2.24, 2.45) is 0 Å². The van der Waals surface area contributed by atoms with Gasteiger partial charge in [-0.05, 0) is 50.6 Å². The Morgan fingerprint density at radius 1 is 1.26 bits per heavy atom. The number of nitrogens with zero attached hydrogens (tertiary/aromatic N) is 6. The minimum atomic E-state index is -2.46. The highest BCUT2D eigenvalue weighted by atomic mass is 35.5. The highest BCUT2D eigenvalue weighted by Crippen LogP contribution is 2.36. The number of pyridine rings is 2. The quantitative estimate of drug-likeness (QED) is 0.217. The van der Waals surface area contributed by atoms with Crippen molar-refractivity contribution < 1.29 is 18.7 Å². The zero-order valence-corrected chi connectivity index (χ0v) is 26.0. The van der Waals surface area contributed by atoms with E-state index in [9.17, 15) is 28.7 Å². The fourth-order valence-electron chi connectivity index (χ4n) is 5.94. The topological polar surface area (TPSA) is 125 Å². The molecule has 1 aromatic carbocycles. The molecular weight excluding hydrogens is 634 g/mol. The summed E-state index contributed by atoms with van der Waals surface area (Å²) in [4.78, 5) is 40.5. The van der Waals surface area contributed by atoms with Crippen molar-refractivity contribution in [1.82, 2.24) is 24.4 Å². The van der Waals surface area contributed by atoms with E-state index >= 15 is 0 Å². The van der Waals surface area contributed by atoms with Crippen molar-refractivity contribution in [2.45, 2.75) is 38.7 Å². The molecule has 5 heterocycles. The molecule has 13 heteroatoms. The number of hydrogen-bond donors (Lipinski definition) is 1. The predicted octanol–water partition coefficient (Wildman–Crippen LogP) is 6.10. The van der Waals surface area contributed by atoms with Crippen LogP contribution in [0.2, 0.25) is 5.02 Å². The highest BCUT2D eigenvalue weighted by Gasteiger charge is 2.28. The van der Waals surface area contributed by atoms with Gasteiger partial charge in [0.2, 0.25) is 0 Å². The Balaban J connectivity index is 1.38. The van der Waals surface area contributed by atoms with Crippen LogP contribution in [0.15, 0.2) is 46.8 Å².